The van der Waals surface area contributed by atoms with Crippen LogP contribution in [-0.2, 0) is 0 Å². The van der Waals surface area contributed by atoms with Crippen LogP contribution in [0.25, 0.3) is 0 Å². The van der Waals surface area contributed by atoms with Gasteiger partial charge >= 0.3 is 12.4 Å². The van der Waals surface area contributed by atoms with Gasteiger partial charge in [-0.05, 0) is 0 Å². The van der Waals surface area contributed by atoms with Crippen LogP contribution in [0.5, 0.6) is 0 Å². The van der Waals surface area contributed by atoms with Crippen molar-refractivity contribution in [3.05, 3.63) is 5.92 Å². The van der Waals surface area contributed by atoms with E-state index in [4.69, 9.17) is 5.11 Å². The van der Waals surface area contributed by atoms with Gasteiger partial charge in [-0.3, -0.25) is 0 Å². The quantitative estimate of drug-likeness (QED) is 0.657. The Balaban J connectivity index is 5.22. The topological polar surface area (TPSA) is 20.2 Å². The molecule has 0 amide bonds. The molecule has 1 N–H and O–H groups in total. The Hall–Kier alpha value is -0.460. The summed E-state index contributed by atoms with van der Waals surface area (Å²) in [4.78, 5) is 0. The van der Waals surface area contributed by atoms with Crippen molar-refractivity contribution in [2.24, 2.45) is 0 Å². The van der Waals surface area contributed by atoms with Gasteiger partial charge in [0.1, 0.15) is 0 Å². The fourth-order valence-corrected chi connectivity index (χ4v) is 0.728. The smallest absolute Gasteiger partial charge is 0.373 e. The average molecular weight is 209 g/mol. The number of rotatable bonds is 1. The number of hydrogen-bond donors (Lipinski definition) is 1. The molecule has 1 nitrogen and oxygen atoms in total. The number of alkyl halides is 6. The molecule has 0 aliphatic rings. The third-order valence-electron chi connectivity index (χ3n) is 1.54. The molecule has 0 aliphatic heterocycles. The second-order valence-electron chi connectivity index (χ2n) is 2.71. The van der Waals surface area contributed by atoms with E-state index in [1.54, 1.807) is 0 Å². The molecule has 7 heteroatoms. The van der Waals surface area contributed by atoms with Gasteiger partial charge in [-0.15, -0.1) is 0 Å². The van der Waals surface area contributed by atoms with Crippen molar-refractivity contribution >= 4 is 0 Å². The van der Waals surface area contributed by atoms with E-state index in [0.717, 1.165) is 0 Å². The van der Waals surface area contributed by atoms with Gasteiger partial charge in [0.05, 0.1) is 0 Å². The summed E-state index contributed by atoms with van der Waals surface area (Å²) in [7, 11) is 0. The first-order valence-corrected chi connectivity index (χ1v) is 3.11. The summed E-state index contributed by atoms with van der Waals surface area (Å²) >= 11 is 0. The summed E-state index contributed by atoms with van der Waals surface area (Å²) in [6, 6.07) is 0. The van der Waals surface area contributed by atoms with Gasteiger partial charge in [-0.25, -0.2) is 0 Å². The van der Waals surface area contributed by atoms with Crippen LogP contribution in [0, 0.1) is 5.92 Å². The summed E-state index contributed by atoms with van der Waals surface area (Å²) in [5, 5.41) is 8.47. The molecule has 79 valence electrons. The molecule has 0 fully saturated rings. The largest absolute Gasteiger partial charge is 0.426 e. The Morgan fingerprint density at radius 1 is 0.846 bits per heavy atom. The van der Waals surface area contributed by atoms with Crippen molar-refractivity contribution in [1.82, 2.24) is 0 Å². The maximum Gasteiger partial charge on any atom is 0.426 e. The standard InChI is InChI=1S/C6H7F6O/c1-3(2)4(13,5(7,8)9)6(10,11)12/h13H,1-2H3. The summed E-state index contributed by atoms with van der Waals surface area (Å²) in [5.41, 5.74) is -4.71. The van der Waals surface area contributed by atoms with Gasteiger partial charge in [-0.1, -0.05) is 13.8 Å². The first kappa shape index (κ1) is 12.5. The SMILES string of the molecule is C[C](C)C(O)(C(F)(F)F)C(F)(F)F. The molecule has 0 aromatic carbocycles. The van der Waals surface area contributed by atoms with Crippen molar-refractivity contribution in [3.8, 4) is 0 Å². The maximum atomic E-state index is 11.9. The van der Waals surface area contributed by atoms with Crippen molar-refractivity contribution in [3.63, 3.8) is 0 Å². The van der Waals surface area contributed by atoms with E-state index in [0.29, 0.717) is 13.8 Å². The monoisotopic (exact) mass is 209 g/mol. The van der Waals surface area contributed by atoms with Gasteiger partial charge in [0, 0.05) is 5.92 Å². The highest BCUT2D eigenvalue weighted by atomic mass is 19.4. The second kappa shape index (κ2) is 3.04. The Kier molecular flexibility index (Phi) is 2.93. The van der Waals surface area contributed by atoms with Gasteiger partial charge < -0.3 is 5.11 Å². The van der Waals surface area contributed by atoms with Crippen LogP contribution in [0.2, 0.25) is 0 Å². The number of halogens is 6. The van der Waals surface area contributed by atoms with Crippen LogP contribution >= 0.6 is 0 Å². The van der Waals surface area contributed by atoms with Crippen LogP contribution in [0.1, 0.15) is 13.8 Å². The lowest BCUT2D eigenvalue weighted by atomic mass is 9.89. The highest BCUT2D eigenvalue weighted by molar-refractivity contribution is 5.11. The lowest BCUT2D eigenvalue weighted by molar-refractivity contribution is -0.359. The second-order valence-corrected chi connectivity index (χ2v) is 2.71. The normalized spacial score (nSPS) is 15.2. The summed E-state index contributed by atoms with van der Waals surface area (Å²) in [5.74, 6) is -1.16. The summed E-state index contributed by atoms with van der Waals surface area (Å²) in [6.45, 7) is 1.14. The van der Waals surface area contributed by atoms with Gasteiger partial charge in [0.15, 0.2) is 0 Å². The molecule has 0 rings (SSSR count). The molecule has 0 bridgehead atoms. The number of aliphatic hydroxyl groups is 1. The van der Waals surface area contributed by atoms with Gasteiger partial charge in [0.2, 0.25) is 0 Å². The molecule has 0 saturated heterocycles. The van der Waals surface area contributed by atoms with E-state index >= 15 is 0 Å². The highest BCUT2D eigenvalue weighted by Gasteiger charge is 2.71. The lowest BCUT2D eigenvalue weighted by Gasteiger charge is -2.34. The molecule has 13 heavy (non-hydrogen) atoms. The Bertz CT molecular complexity index is 165. The van der Waals surface area contributed by atoms with Crippen molar-refractivity contribution < 1.29 is 31.4 Å². The zero-order valence-electron chi connectivity index (χ0n) is 6.72. The lowest BCUT2D eigenvalue weighted by Crippen LogP contribution is -2.59. The number of hydrogen-bond acceptors (Lipinski definition) is 1. The third-order valence-corrected chi connectivity index (χ3v) is 1.54. The first-order chi connectivity index (χ1) is 5.44. The molecule has 0 heterocycles. The fraction of sp³-hybridized carbons (Fsp3) is 0.833. The predicted octanol–water partition coefficient (Wildman–Crippen LogP) is 2.46. The molecule has 1 radical (unpaired) electrons. The molecule has 0 aromatic heterocycles. The molecule has 0 spiro atoms. The molecule has 0 saturated carbocycles. The van der Waals surface area contributed by atoms with Gasteiger partial charge in [0.25, 0.3) is 5.60 Å². The molecular weight excluding hydrogens is 202 g/mol. The van der Waals surface area contributed by atoms with Crippen LogP contribution in [0.4, 0.5) is 26.3 Å². The Morgan fingerprint density at radius 2 is 1.08 bits per heavy atom. The first-order valence-electron chi connectivity index (χ1n) is 3.11. The highest BCUT2D eigenvalue weighted by Crippen LogP contribution is 2.48. The van der Waals surface area contributed by atoms with Crippen molar-refractivity contribution in [2.45, 2.75) is 31.8 Å². The van der Waals surface area contributed by atoms with E-state index in [9.17, 15) is 26.3 Å². The Morgan fingerprint density at radius 3 is 1.08 bits per heavy atom. The predicted molar refractivity (Wildman–Crippen MR) is 31.7 cm³/mol. The maximum absolute atomic E-state index is 11.9. The van der Waals surface area contributed by atoms with E-state index in [1.165, 1.54) is 0 Å². The summed E-state index contributed by atoms with van der Waals surface area (Å²) in [6.07, 6.45) is -11.5. The van der Waals surface area contributed by atoms with Gasteiger partial charge in [-0.2, -0.15) is 26.3 Å². The minimum Gasteiger partial charge on any atom is -0.373 e. The average Bonchev–Trinajstić information content (AvgIpc) is 1.80. The van der Waals surface area contributed by atoms with Crippen molar-refractivity contribution in [2.75, 3.05) is 0 Å². The molecule has 0 unspecified atom stereocenters. The fourth-order valence-electron chi connectivity index (χ4n) is 0.728. The molecule has 0 aromatic rings. The zero-order valence-corrected chi connectivity index (χ0v) is 6.72. The van der Waals surface area contributed by atoms with E-state index in [2.05, 4.69) is 0 Å². The Labute approximate surface area is 70.4 Å². The van der Waals surface area contributed by atoms with Crippen LogP contribution in [0.15, 0.2) is 0 Å². The van der Waals surface area contributed by atoms with E-state index in [1.807, 2.05) is 0 Å². The van der Waals surface area contributed by atoms with Crippen LogP contribution < -0.4 is 0 Å². The minimum absolute atomic E-state index is 0.570. The zero-order chi connectivity index (χ0) is 11.1. The summed E-state index contributed by atoms with van der Waals surface area (Å²) < 4.78 is 71.2. The van der Waals surface area contributed by atoms with Crippen LogP contribution in [-0.4, -0.2) is 23.1 Å². The van der Waals surface area contributed by atoms with E-state index < -0.39 is 23.9 Å². The third kappa shape index (κ3) is 1.90. The van der Waals surface area contributed by atoms with Crippen LogP contribution in [0.3, 0.4) is 0 Å². The minimum atomic E-state index is -5.75. The van der Waals surface area contributed by atoms with Crippen molar-refractivity contribution in [1.29, 1.82) is 0 Å². The van der Waals surface area contributed by atoms with E-state index in [-0.39, 0.29) is 0 Å². The molecule has 0 aliphatic carbocycles. The molecule has 0 atom stereocenters. The molecular formula is C6H7F6O.